The van der Waals surface area contributed by atoms with Crippen LogP contribution in [0, 0.1) is 11.3 Å². The number of hydrogen-bond donors (Lipinski definition) is 1. The van der Waals surface area contributed by atoms with E-state index in [0.29, 0.717) is 5.91 Å². The van der Waals surface area contributed by atoms with Crippen molar-refractivity contribution in [2.24, 2.45) is 11.3 Å². The summed E-state index contributed by atoms with van der Waals surface area (Å²) < 4.78 is 31.7. The molecule has 1 aliphatic carbocycles. The summed E-state index contributed by atoms with van der Waals surface area (Å²) in [6.07, 6.45) is 8.85. The van der Waals surface area contributed by atoms with Gasteiger partial charge in [-0.1, -0.05) is 25.5 Å². The molecule has 8 heteroatoms. The van der Waals surface area contributed by atoms with Gasteiger partial charge in [-0.3, -0.25) is 4.79 Å². The Kier molecular flexibility index (Phi) is 8.14. The Labute approximate surface area is 170 Å². The first-order valence-corrected chi connectivity index (χ1v) is 10.5. The number of allylic oxidation sites excluding steroid dienone is 2. The number of piperidine rings is 2. The van der Waals surface area contributed by atoms with E-state index in [2.05, 4.69) is 35.9 Å². The summed E-state index contributed by atoms with van der Waals surface area (Å²) in [4.78, 5) is 26.5. The number of carbonyl (C=O) groups excluding carboxylic acids is 1. The number of carboxylic acid groups (broad SMARTS) is 1. The summed E-state index contributed by atoms with van der Waals surface area (Å²) in [5.74, 6) is -1.55. The number of rotatable bonds is 2. The normalized spacial score (nSPS) is 29.1. The zero-order chi connectivity index (χ0) is 21.7. The van der Waals surface area contributed by atoms with E-state index in [-0.39, 0.29) is 5.41 Å². The van der Waals surface area contributed by atoms with Crippen molar-refractivity contribution in [3.8, 4) is 0 Å². The van der Waals surface area contributed by atoms with Crippen molar-refractivity contribution in [2.75, 3.05) is 26.7 Å². The molecule has 0 aromatic rings. The summed E-state index contributed by atoms with van der Waals surface area (Å²) in [7, 11) is 2.29. The average molecular weight is 419 g/mol. The molecule has 3 aliphatic rings. The lowest BCUT2D eigenvalue weighted by Crippen LogP contribution is -2.50. The van der Waals surface area contributed by atoms with Crippen molar-refractivity contribution < 1.29 is 27.9 Å². The van der Waals surface area contributed by atoms with Gasteiger partial charge >= 0.3 is 12.1 Å². The maximum absolute atomic E-state index is 12.9. The van der Waals surface area contributed by atoms with Crippen LogP contribution in [-0.2, 0) is 9.59 Å². The van der Waals surface area contributed by atoms with E-state index in [1.807, 2.05) is 0 Å². The topological polar surface area (TPSA) is 60.9 Å². The zero-order valence-electron chi connectivity index (χ0n) is 17.4. The lowest BCUT2D eigenvalue weighted by Gasteiger charge is -2.44. The lowest BCUT2D eigenvalue weighted by molar-refractivity contribution is -0.192. The Morgan fingerprint density at radius 2 is 1.69 bits per heavy atom. The highest BCUT2D eigenvalue weighted by Gasteiger charge is 2.39. The van der Waals surface area contributed by atoms with Crippen LogP contribution in [0.15, 0.2) is 12.2 Å². The van der Waals surface area contributed by atoms with Gasteiger partial charge in [0.15, 0.2) is 0 Å². The van der Waals surface area contributed by atoms with Crippen molar-refractivity contribution in [1.29, 1.82) is 0 Å². The average Bonchev–Trinajstić information content (AvgIpc) is 2.68. The molecule has 5 nitrogen and oxygen atoms in total. The standard InChI is InChI=1S/C19H32N2O.C2HF3O2/c1-19(11-5-3-6-12-19)18(22)21-14-9-16(10-15-21)17-8-4-7-13-20(17)2;3-2(4,5)1(6)7/h3,5,16-17H,4,6-15H2,1-2H3;(H,6,7). The van der Waals surface area contributed by atoms with Gasteiger partial charge in [0.1, 0.15) is 0 Å². The van der Waals surface area contributed by atoms with Crippen LogP contribution in [-0.4, -0.2) is 65.7 Å². The third kappa shape index (κ3) is 6.46. The lowest BCUT2D eigenvalue weighted by atomic mass is 9.76. The summed E-state index contributed by atoms with van der Waals surface area (Å²) in [5.41, 5.74) is -0.136. The predicted molar refractivity (Wildman–Crippen MR) is 104 cm³/mol. The summed E-state index contributed by atoms with van der Waals surface area (Å²) in [5, 5.41) is 7.12. The number of nitrogens with zero attached hydrogens (tertiary/aromatic N) is 2. The molecule has 1 N–H and O–H groups in total. The van der Waals surface area contributed by atoms with Crippen LogP contribution in [0.4, 0.5) is 13.2 Å². The molecule has 0 aromatic carbocycles. The van der Waals surface area contributed by atoms with E-state index in [1.54, 1.807) is 0 Å². The smallest absolute Gasteiger partial charge is 0.475 e. The fourth-order valence-corrected chi connectivity index (χ4v) is 4.73. The van der Waals surface area contributed by atoms with E-state index in [0.717, 1.165) is 44.3 Å². The highest BCUT2D eigenvalue weighted by Crippen LogP contribution is 2.36. The van der Waals surface area contributed by atoms with E-state index < -0.39 is 12.1 Å². The van der Waals surface area contributed by atoms with Crippen molar-refractivity contribution in [2.45, 2.75) is 70.5 Å². The number of amides is 1. The molecular weight excluding hydrogens is 385 g/mol. The minimum Gasteiger partial charge on any atom is -0.475 e. The van der Waals surface area contributed by atoms with E-state index in [9.17, 15) is 18.0 Å². The summed E-state index contributed by atoms with van der Waals surface area (Å²) in [6.45, 7) is 5.38. The van der Waals surface area contributed by atoms with Crippen LogP contribution >= 0.6 is 0 Å². The van der Waals surface area contributed by atoms with Crippen molar-refractivity contribution in [1.82, 2.24) is 9.80 Å². The number of aliphatic carboxylic acids is 1. The van der Waals surface area contributed by atoms with Crippen LogP contribution in [0.1, 0.15) is 58.3 Å². The molecule has 0 radical (unpaired) electrons. The van der Waals surface area contributed by atoms with Crippen molar-refractivity contribution in [3.05, 3.63) is 12.2 Å². The molecule has 2 aliphatic heterocycles. The van der Waals surface area contributed by atoms with Gasteiger partial charge in [-0.2, -0.15) is 13.2 Å². The number of halogens is 3. The van der Waals surface area contributed by atoms with E-state index in [4.69, 9.17) is 9.90 Å². The largest absolute Gasteiger partial charge is 0.490 e. The van der Waals surface area contributed by atoms with Gasteiger partial charge in [0.25, 0.3) is 0 Å². The second-order valence-corrected chi connectivity index (χ2v) is 8.75. The predicted octanol–water partition coefficient (Wildman–Crippen LogP) is 4.09. The summed E-state index contributed by atoms with van der Waals surface area (Å²) >= 11 is 0. The molecule has 0 aromatic heterocycles. The van der Waals surface area contributed by atoms with Crippen LogP contribution in [0.3, 0.4) is 0 Å². The molecule has 2 fully saturated rings. The Morgan fingerprint density at radius 1 is 1.07 bits per heavy atom. The van der Waals surface area contributed by atoms with Crippen LogP contribution < -0.4 is 0 Å². The molecule has 1 amide bonds. The molecular formula is C21H33F3N2O3. The molecule has 2 unspecified atom stereocenters. The van der Waals surface area contributed by atoms with Gasteiger partial charge in [-0.15, -0.1) is 0 Å². The van der Waals surface area contributed by atoms with Crippen molar-refractivity contribution >= 4 is 11.9 Å². The summed E-state index contributed by atoms with van der Waals surface area (Å²) in [6, 6.07) is 0.763. The number of carbonyl (C=O) groups is 2. The molecule has 29 heavy (non-hydrogen) atoms. The second-order valence-electron chi connectivity index (χ2n) is 8.75. The first kappa shape index (κ1) is 23.7. The number of hydrogen-bond acceptors (Lipinski definition) is 3. The third-order valence-corrected chi connectivity index (χ3v) is 6.55. The Hall–Kier alpha value is -1.57. The van der Waals surface area contributed by atoms with Crippen LogP contribution in [0.5, 0.6) is 0 Å². The third-order valence-electron chi connectivity index (χ3n) is 6.55. The minimum atomic E-state index is -5.08. The Morgan fingerprint density at radius 3 is 2.17 bits per heavy atom. The van der Waals surface area contributed by atoms with Gasteiger partial charge in [-0.05, 0) is 64.5 Å². The molecule has 2 atom stereocenters. The second kappa shape index (κ2) is 9.96. The minimum absolute atomic E-state index is 0.136. The molecule has 0 saturated carbocycles. The van der Waals surface area contributed by atoms with Gasteiger partial charge < -0.3 is 14.9 Å². The molecule has 2 heterocycles. The van der Waals surface area contributed by atoms with Gasteiger partial charge in [-0.25, -0.2) is 4.79 Å². The first-order chi connectivity index (χ1) is 13.5. The molecule has 2 saturated heterocycles. The van der Waals surface area contributed by atoms with Gasteiger partial charge in [0.05, 0.1) is 5.41 Å². The fourth-order valence-electron chi connectivity index (χ4n) is 4.73. The van der Waals surface area contributed by atoms with Crippen LogP contribution in [0.2, 0.25) is 0 Å². The first-order valence-electron chi connectivity index (χ1n) is 10.5. The highest BCUT2D eigenvalue weighted by atomic mass is 19.4. The Bertz CT molecular complexity index is 600. The maximum atomic E-state index is 12.9. The van der Waals surface area contributed by atoms with E-state index in [1.165, 1.54) is 38.6 Å². The maximum Gasteiger partial charge on any atom is 0.490 e. The number of carboxylic acids is 1. The molecule has 0 spiro atoms. The number of likely N-dealkylation sites (tertiary alicyclic amines) is 2. The van der Waals surface area contributed by atoms with Gasteiger partial charge in [0, 0.05) is 19.1 Å². The van der Waals surface area contributed by atoms with Crippen molar-refractivity contribution in [3.63, 3.8) is 0 Å². The Balaban J connectivity index is 0.000000370. The molecule has 166 valence electrons. The zero-order valence-corrected chi connectivity index (χ0v) is 17.4. The van der Waals surface area contributed by atoms with E-state index >= 15 is 0 Å². The molecule has 0 bridgehead atoms. The van der Waals surface area contributed by atoms with Gasteiger partial charge in [0.2, 0.25) is 5.91 Å². The SMILES string of the molecule is CN1CCCCC1C1CCN(C(=O)C2(C)CC=CCC2)CC1.O=C(O)C(F)(F)F. The highest BCUT2D eigenvalue weighted by molar-refractivity contribution is 5.82. The molecule has 3 rings (SSSR count). The quantitative estimate of drug-likeness (QED) is 0.687. The van der Waals surface area contributed by atoms with Crippen LogP contribution in [0.25, 0.3) is 0 Å². The number of alkyl halides is 3. The monoisotopic (exact) mass is 418 g/mol. The fraction of sp³-hybridized carbons (Fsp3) is 0.810.